The molecule has 3 rings (SSSR count). The maximum atomic E-state index is 12.5. The van der Waals surface area contributed by atoms with Gasteiger partial charge in [0, 0.05) is 18.7 Å². The van der Waals surface area contributed by atoms with Gasteiger partial charge in [0.25, 0.3) is 0 Å². The number of methoxy groups -OCH3 is 3. The average molecular weight is 389 g/mol. The zero-order chi connectivity index (χ0) is 20.1. The van der Waals surface area contributed by atoms with Gasteiger partial charge in [-0.1, -0.05) is 0 Å². The van der Waals surface area contributed by atoms with E-state index in [0.717, 1.165) is 0 Å². The van der Waals surface area contributed by atoms with Crippen LogP contribution in [0.3, 0.4) is 0 Å². The Kier molecular flexibility index (Phi) is 6.07. The molecule has 28 heavy (non-hydrogen) atoms. The second kappa shape index (κ2) is 8.68. The van der Waals surface area contributed by atoms with Gasteiger partial charge in [0.15, 0.2) is 11.5 Å². The number of amides is 1. The number of rotatable bonds is 6. The molecular formula is C18H23N5O5. The number of carbonyl (C=O) groups excluding carboxylic acids is 2. The normalized spacial score (nSPS) is 14.6. The Labute approximate surface area is 162 Å². The first-order valence-corrected chi connectivity index (χ1v) is 8.91. The Hall–Kier alpha value is -3.17. The molecule has 1 aliphatic heterocycles. The summed E-state index contributed by atoms with van der Waals surface area (Å²) in [7, 11) is 4.49. The Morgan fingerprint density at radius 1 is 1.11 bits per heavy atom. The fourth-order valence-corrected chi connectivity index (χ4v) is 3.15. The maximum absolute atomic E-state index is 12.5. The summed E-state index contributed by atoms with van der Waals surface area (Å²) in [6, 6.07) is 5.30. The van der Waals surface area contributed by atoms with E-state index in [-0.39, 0.29) is 24.3 Å². The Morgan fingerprint density at radius 2 is 1.82 bits per heavy atom. The second-order valence-corrected chi connectivity index (χ2v) is 6.39. The molecule has 10 heteroatoms. The van der Waals surface area contributed by atoms with Gasteiger partial charge in [0.1, 0.15) is 6.54 Å². The monoisotopic (exact) mass is 389 g/mol. The largest absolute Gasteiger partial charge is 0.493 e. The van der Waals surface area contributed by atoms with E-state index in [1.807, 2.05) is 0 Å². The minimum Gasteiger partial charge on any atom is -0.493 e. The van der Waals surface area contributed by atoms with Gasteiger partial charge in [0.2, 0.25) is 11.7 Å². The second-order valence-electron chi connectivity index (χ2n) is 6.39. The van der Waals surface area contributed by atoms with Crippen LogP contribution in [0.2, 0.25) is 0 Å². The molecule has 0 saturated carbocycles. The molecule has 1 fully saturated rings. The van der Waals surface area contributed by atoms with Crippen LogP contribution in [0.15, 0.2) is 18.2 Å². The quantitative estimate of drug-likeness (QED) is 0.667. The van der Waals surface area contributed by atoms with Crippen molar-refractivity contribution >= 4 is 11.9 Å². The standard InChI is InChI=1S/C18H23N5O5/c1-26-14-5-4-13(10-15(14)27-2)17-19-21-23(20-17)11-16(24)22-8-6-12(7-9-22)18(25)28-3/h4-5,10,12H,6-9,11H2,1-3H3. The summed E-state index contributed by atoms with van der Waals surface area (Å²) >= 11 is 0. The van der Waals surface area contributed by atoms with Gasteiger partial charge in [-0.3, -0.25) is 9.59 Å². The van der Waals surface area contributed by atoms with Crippen LogP contribution in [-0.2, 0) is 20.9 Å². The first kappa shape index (κ1) is 19.6. The molecule has 0 radical (unpaired) electrons. The molecule has 1 aliphatic rings. The van der Waals surface area contributed by atoms with Gasteiger partial charge >= 0.3 is 5.97 Å². The van der Waals surface area contributed by atoms with Gasteiger partial charge in [0.05, 0.1) is 27.2 Å². The lowest BCUT2D eigenvalue weighted by Crippen LogP contribution is -2.42. The molecule has 2 heterocycles. The zero-order valence-corrected chi connectivity index (χ0v) is 16.1. The lowest BCUT2D eigenvalue weighted by molar-refractivity contribution is -0.149. The minimum absolute atomic E-state index is 0.0107. The number of hydrogen-bond donors (Lipinski definition) is 0. The fourth-order valence-electron chi connectivity index (χ4n) is 3.15. The van der Waals surface area contributed by atoms with Gasteiger partial charge < -0.3 is 19.1 Å². The number of piperidine rings is 1. The van der Waals surface area contributed by atoms with E-state index in [9.17, 15) is 9.59 Å². The van der Waals surface area contributed by atoms with Crippen LogP contribution in [-0.4, -0.2) is 71.4 Å². The molecule has 1 aromatic heterocycles. The first-order valence-electron chi connectivity index (χ1n) is 8.91. The average Bonchev–Trinajstić information content (AvgIpc) is 3.21. The van der Waals surface area contributed by atoms with E-state index >= 15 is 0 Å². The van der Waals surface area contributed by atoms with Crippen molar-refractivity contribution in [1.82, 2.24) is 25.1 Å². The summed E-state index contributed by atoms with van der Waals surface area (Å²) < 4.78 is 15.3. The number of nitrogens with zero attached hydrogens (tertiary/aromatic N) is 5. The number of ether oxygens (including phenoxy) is 3. The summed E-state index contributed by atoms with van der Waals surface area (Å²) in [5.74, 6) is 1.07. The van der Waals surface area contributed by atoms with Crippen LogP contribution >= 0.6 is 0 Å². The highest BCUT2D eigenvalue weighted by Gasteiger charge is 2.28. The van der Waals surface area contributed by atoms with Crippen molar-refractivity contribution in [2.45, 2.75) is 19.4 Å². The smallest absolute Gasteiger partial charge is 0.308 e. The molecule has 150 valence electrons. The lowest BCUT2D eigenvalue weighted by atomic mass is 9.97. The SMILES string of the molecule is COC(=O)C1CCN(C(=O)Cn2nnc(-c3ccc(OC)c(OC)c3)n2)CC1. The molecule has 0 atom stereocenters. The first-order chi connectivity index (χ1) is 13.5. The molecule has 0 N–H and O–H groups in total. The van der Waals surface area contributed by atoms with Crippen LogP contribution in [0, 0.1) is 5.92 Å². The fraction of sp³-hybridized carbons (Fsp3) is 0.500. The molecule has 0 spiro atoms. The molecule has 0 aliphatic carbocycles. The van der Waals surface area contributed by atoms with E-state index in [2.05, 4.69) is 15.4 Å². The van der Waals surface area contributed by atoms with Crippen molar-refractivity contribution in [3.63, 3.8) is 0 Å². The molecule has 1 aromatic carbocycles. The van der Waals surface area contributed by atoms with Crippen molar-refractivity contribution in [2.75, 3.05) is 34.4 Å². The Balaban J connectivity index is 1.62. The van der Waals surface area contributed by atoms with E-state index in [1.165, 1.54) is 11.9 Å². The lowest BCUT2D eigenvalue weighted by Gasteiger charge is -2.30. The number of hydrogen-bond acceptors (Lipinski definition) is 8. The van der Waals surface area contributed by atoms with Crippen LogP contribution in [0.25, 0.3) is 11.4 Å². The maximum Gasteiger partial charge on any atom is 0.308 e. The Morgan fingerprint density at radius 3 is 2.46 bits per heavy atom. The van der Waals surface area contributed by atoms with Crippen LogP contribution in [0.4, 0.5) is 0 Å². The highest BCUT2D eigenvalue weighted by Crippen LogP contribution is 2.30. The van der Waals surface area contributed by atoms with Crippen molar-refractivity contribution in [1.29, 1.82) is 0 Å². The number of likely N-dealkylation sites (tertiary alicyclic amines) is 1. The van der Waals surface area contributed by atoms with Crippen LogP contribution < -0.4 is 9.47 Å². The number of benzene rings is 1. The van der Waals surface area contributed by atoms with Gasteiger partial charge in [-0.25, -0.2) is 0 Å². The predicted molar refractivity (Wildman–Crippen MR) is 97.7 cm³/mol. The molecule has 1 saturated heterocycles. The Bertz CT molecular complexity index is 845. The zero-order valence-electron chi connectivity index (χ0n) is 16.1. The highest BCUT2D eigenvalue weighted by atomic mass is 16.5. The van der Waals surface area contributed by atoms with Gasteiger partial charge in [-0.2, -0.15) is 4.80 Å². The van der Waals surface area contributed by atoms with Crippen molar-refractivity contribution < 1.29 is 23.8 Å². The third kappa shape index (κ3) is 4.21. The summed E-state index contributed by atoms with van der Waals surface area (Å²) in [5, 5.41) is 12.3. The van der Waals surface area contributed by atoms with Crippen LogP contribution in [0.1, 0.15) is 12.8 Å². The summed E-state index contributed by atoms with van der Waals surface area (Å²) in [4.78, 5) is 27.0. The topological polar surface area (TPSA) is 109 Å². The van der Waals surface area contributed by atoms with E-state index in [4.69, 9.17) is 14.2 Å². The predicted octanol–water partition coefficient (Wildman–Crippen LogP) is 0.769. The third-order valence-corrected chi connectivity index (χ3v) is 4.75. The van der Waals surface area contributed by atoms with Gasteiger partial charge in [-0.05, 0) is 36.3 Å². The summed E-state index contributed by atoms with van der Waals surface area (Å²) in [6.07, 6.45) is 1.19. The van der Waals surface area contributed by atoms with Crippen LogP contribution in [0.5, 0.6) is 11.5 Å². The number of carbonyl (C=O) groups is 2. The highest BCUT2D eigenvalue weighted by molar-refractivity contribution is 5.77. The van der Waals surface area contributed by atoms with E-state index in [1.54, 1.807) is 37.3 Å². The molecule has 1 amide bonds. The summed E-state index contributed by atoms with van der Waals surface area (Å²) in [5.41, 5.74) is 0.704. The van der Waals surface area contributed by atoms with E-state index in [0.29, 0.717) is 48.8 Å². The number of tetrazole rings is 1. The van der Waals surface area contributed by atoms with E-state index < -0.39 is 0 Å². The summed E-state index contributed by atoms with van der Waals surface area (Å²) in [6.45, 7) is 1.01. The molecule has 0 bridgehead atoms. The van der Waals surface area contributed by atoms with Crippen molar-refractivity contribution in [2.24, 2.45) is 5.92 Å². The van der Waals surface area contributed by atoms with Gasteiger partial charge in [-0.15, -0.1) is 10.2 Å². The molecule has 2 aromatic rings. The molecular weight excluding hydrogens is 366 g/mol. The minimum atomic E-state index is -0.218. The van der Waals surface area contributed by atoms with Crippen molar-refractivity contribution in [3.8, 4) is 22.9 Å². The molecule has 0 unspecified atom stereocenters. The van der Waals surface area contributed by atoms with Crippen molar-refractivity contribution in [3.05, 3.63) is 18.2 Å². The number of esters is 1. The molecule has 10 nitrogen and oxygen atoms in total. The third-order valence-electron chi connectivity index (χ3n) is 4.75. The number of aromatic nitrogens is 4.